The van der Waals surface area contributed by atoms with Crippen LogP contribution in [0, 0.1) is 0 Å². The second kappa shape index (κ2) is 4.47. The fourth-order valence-electron chi connectivity index (χ4n) is 0.749. The van der Waals surface area contributed by atoms with Gasteiger partial charge in [-0.15, -0.1) is 0 Å². The van der Waals surface area contributed by atoms with Crippen molar-refractivity contribution in [3.05, 3.63) is 24.4 Å². The predicted molar refractivity (Wildman–Crippen MR) is 48.7 cm³/mol. The second-order valence-electron chi connectivity index (χ2n) is 3.02. The molecule has 0 spiro atoms. The Morgan fingerprint density at radius 3 is 2.50 bits per heavy atom. The Morgan fingerprint density at radius 1 is 1.50 bits per heavy atom. The Morgan fingerprint density at radius 2 is 2.10 bits per heavy atom. The Bertz CT molecular complexity index is 127. The fourth-order valence-corrected chi connectivity index (χ4v) is 2.25. The van der Waals surface area contributed by atoms with E-state index in [0.717, 1.165) is 6.23 Å². The van der Waals surface area contributed by atoms with Gasteiger partial charge in [0.15, 0.2) is 0 Å². The molecule has 0 rings (SSSR count). The van der Waals surface area contributed by atoms with Crippen LogP contribution in [0.25, 0.3) is 0 Å². The lowest BCUT2D eigenvalue weighted by molar-refractivity contribution is 0.247. The predicted octanol–water partition coefficient (Wildman–Crippen LogP) is 2.16. The first-order valence-corrected chi connectivity index (χ1v) is 6.70. The van der Waals surface area contributed by atoms with Gasteiger partial charge in [-0.3, -0.25) is 0 Å². The van der Waals surface area contributed by atoms with Crippen molar-refractivity contribution >= 4 is 8.07 Å². The minimum atomic E-state index is -1.20. The topological polar surface area (TPSA) is 9.23 Å². The van der Waals surface area contributed by atoms with Gasteiger partial charge < -0.3 is 4.74 Å². The van der Waals surface area contributed by atoms with Crippen LogP contribution in [-0.4, -0.2) is 21.4 Å². The molecular formula is C8H16OSi. The third-order valence-corrected chi connectivity index (χ3v) is 3.33. The molecule has 0 radical (unpaired) electrons. The largest absolute Gasteiger partial charge is 0.388 e. The molecule has 10 heavy (non-hydrogen) atoms. The molecule has 2 heteroatoms. The van der Waals surface area contributed by atoms with Crippen LogP contribution in [0.15, 0.2) is 24.4 Å². The molecule has 58 valence electrons. The van der Waals surface area contributed by atoms with E-state index in [0.29, 0.717) is 0 Å². The van der Waals surface area contributed by atoms with Gasteiger partial charge in [-0.2, -0.15) is 0 Å². The van der Waals surface area contributed by atoms with Gasteiger partial charge in [0.25, 0.3) is 0 Å². The van der Waals surface area contributed by atoms with Gasteiger partial charge in [-0.05, 0) is 0 Å². The molecule has 0 saturated heterocycles. The first-order valence-electron chi connectivity index (χ1n) is 3.41. The monoisotopic (exact) mass is 156 g/mol. The van der Waals surface area contributed by atoms with Gasteiger partial charge in [-0.25, -0.2) is 0 Å². The molecule has 0 aliphatic heterocycles. The molecule has 0 bridgehead atoms. The minimum absolute atomic E-state index is 0.886. The zero-order valence-corrected chi connectivity index (χ0v) is 8.05. The Hall–Kier alpha value is -0.343. The van der Waals surface area contributed by atoms with E-state index in [2.05, 4.69) is 25.4 Å². The molecule has 1 nitrogen and oxygen atoms in total. The summed E-state index contributed by atoms with van der Waals surface area (Å²) in [6, 6.07) is 0. The highest BCUT2D eigenvalue weighted by Crippen LogP contribution is 2.03. The smallest absolute Gasteiger partial charge is 0.101 e. The normalized spacial score (nSPS) is 12.3. The molecule has 0 heterocycles. The summed E-state index contributed by atoms with van der Waals surface area (Å²) in [5, 5.41) is 0. The van der Waals surface area contributed by atoms with Crippen molar-refractivity contribution in [3.8, 4) is 0 Å². The summed E-state index contributed by atoms with van der Waals surface area (Å²) in [6.45, 7) is 8.14. The van der Waals surface area contributed by atoms with E-state index in [1.54, 1.807) is 7.11 Å². The molecular weight excluding hydrogens is 140 g/mol. The van der Waals surface area contributed by atoms with Crippen LogP contribution in [0.2, 0.25) is 13.1 Å². The molecule has 0 fully saturated rings. The van der Waals surface area contributed by atoms with E-state index in [1.807, 2.05) is 12.2 Å². The van der Waals surface area contributed by atoms with Crippen LogP contribution in [0.1, 0.15) is 0 Å². The van der Waals surface area contributed by atoms with Gasteiger partial charge in [-0.1, -0.05) is 37.5 Å². The molecule has 0 amide bonds. The zero-order valence-electron chi connectivity index (χ0n) is 7.05. The fraction of sp³-hybridized carbons (Fsp3) is 0.500. The lowest BCUT2D eigenvalue weighted by atomic mass is 10.6. The quantitative estimate of drug-likeness (QED) is 0.448. The van der Waals surface area contributed by atoms with Crippen LogP contribution in [0.3, 0.4) is 0 Å². The van der Waals surface area contributed by atoms with Crippen molar-refractivity contribution in [1.29, 1.82) is 0 Å². The molecule has 0 aromatic carbocycles. The summed E-state index contributed by atoms with van der Waals surface area (Å²) in [7, 11) is 0.548. The van der Waals surface area contributed by atoms with Crippen LogP contribution in [0.4, 0.5) is 0 Å². The SMILES string of the molecule is C=CC=C[Si](C)(C)COC. The van der Waals surface area contributed by atoms with Crippen molar-refractivity contribution in [3.63, 3.8) is 0 Å². The Kier molecular flexibility index (Phi) is 4.32. The summed E-state index contributed by atoms with van der Waals surface area (Å²) in [5.41, 5.74) is 2.23. The number of allylic oxidation sites excluding steroid dienone is 2. The van der Waals surface area contributed by atoms with E-state index in [9.17, 15) is 0 Å². The van der Waals surface area contributed by atoms with E-state index in [-0.39, 0.29) is 0 Å². The Balaban J connectivity index is 3.84. The van der Waals surface area contributed by atoms with Gasteiger partial charge >= 0.3 is 0 Å². The molecule has 0 atom stereocenters. The zero-order chi connectivity index (χ0) is 8.04. The van der Waals surface area contributed by atoms with E-state index < -0.39 is 8.07 Å². The number of hydrogen-bond acceptors (Lipinski definition) is 1. The molecule has 0 aliphatic rings. The number of rotatable bonds is 4. The summed E-state index contributed by atoms with van der Waals surface area (Å²) in [4.78, 5) is 0. The average molecular weight is 156 g/mol. The molecule has 0 aromatic rings. The average Bonchev–Trinajstić information content (AvgIpc) is 1.84. The molecule has 0 aromatic heterocycles. The lowest BCUT2D eigenvalue weighted by Gasteiger charge is -2.14. The van der Waals surface area contributed by atoms with Crippen molar-refractivity contribution in [2.24, 2.45) is 0 Å². The number of hydrogen-bond donors (Lipinski definition) is 0. The van der Waals surface area contributed by atoms with E-state index >= 15 is 0 Å². The summed E-state index contributed by atoms with van der Waals surface area (Å²) in [6.07, 6.45) is 4.70. The third-order valence-electron chi connectivity index (χ3n) is 1.20. The second-order valence-corrected chi connectivity index (χ2v) is 7.62. The highest BCUT2D eigenvalue weighted by Gasteiger charge is 2.15. The maximum atomic E-state index is 5.08. The van der Waals surface area contributed by atoms with Gasteiger partial charge in [0.1, 0.15) is 8.07 Å². The molecule has 0 N–H and O–H groups in total. The summed E-state index contributed by atoms with van der Waals surface area (Å²) < 4.78 is 5.08. The van der Waals surface area contributed by atoms with E-state index in [1.165, 1.54) is 0 Å². The third kappa shape index (κ3) is 4.53. The standard InChI is InChI=1S/C8H16OSi/c1-5-6-7-10(3,4)8-9-2/h5-7H,1,8H2,2-4H3. The number of methoxy groups -OCH3 is 1. The van der Waals surface area contributed by atoms with E-state index in [4.69, 9.17) is 4.74 Å². The maximum absolute atomic E-state index is 5.08. The number of ether oxygens (including phenoxy) is 1. The van der Waals surface area contributed by atoms with Crippen LogP contribution in [-0.2, 0) is 4.74 Å². The lowest BCUT2D eigenvalue weighted by Crippen LogP contribution is -2.29. The maximum Gasteiger partial charge on any atom is 0.101 e. The molecule has 0 unspecified atom stereocenters. The van der Waals surface area contributed by atoms with Crippen molar-refractivity contribution in [1.82, 2.24) is 0 Å². The Labute approximate surface area is 64.4 Å². The summed E-state index contributed by atoms with van der Waals surface area (Å²) >= 11 is 0. The van der Waals surface area contributed by atoms with Crippen LogP contribution < -0.4 is 0 Å². The molecule has 0 saturated carbocycles. The van der Waals surface area contributed by atoms with Crippen molar-refractivity contribution in [2.45, 2.75) is 13.1 Å². The first kappa shape index (κ1) is 9.66. The van der Waals surface area contributed by atoms with Crippen molar-refractivity contribution < 1.29 is 4.74 Å². The minimum Gasteiger partial charge on any atom is -0.388 e. The van der Waals surface area contributed by atoms with Crippen molar-refractivity contribution in [2.75, 3.05) is 13.3 Å². The summed E-state index contributed by atoms with van der Waals surface area (Å²) in [5.74, 6) is 0. The first-order chi connectivity index (χ1) is 4.62. The van der Waals surface area contributed by atoms with Gasteiger partial charge in [0, 0.05) is 13.3 Å². The van der Waals surface area contributed by atoms with Crippen LogP contribution >= 0.6 is 0 Å². The molecule has 0 aliphatic carbocycles. The highest BCUT2D eigenvalue weighted by atomic mass is 28.3. The van der Waals surface area contributed by atoms with Crippen LogP contribution in [0.5, 0.6) is 0 Å². The van der Waals surface area contributed by atoms with Gasteiger partial charge in [0.05, 0.1) is 0 Å². The van der Waals surface area contributed by atoms with Gasteiger partial charge in [0.2, 0.25) is 0 Å². The highest BCUT2D eigenvalue weighted by molar-refractivity contribution is 6.82.